The first-order chi connectivity index (χ1) is 5.54. The van der Waals surface area contributed by atoms with Crippen LogP contribution in [0.15, 0.2) is 0 Å². The molecule has 0 amide bonds. The molecule has 1 unspecified atom stereocenters. The van der Waals surface area contributed by atoms with Gasteiger partial charge in [0.1, 0.15) is 5.78 Å². The van der Waals surface area contributed by atoms with Crippen LogP contribution in [0.2, 0.25) is 0 Å². The number of Topliss-reactive ketones (excluding diaryl/α,β-unsaturated/α-hetero) is 1. The molecule has 0 fully saturated rings. The van der Waals surface area contributed by atoms with Crippen molar-refractivity contribution in [1.82, 2.24) is 0 Å². The topological polar surface area (TPSA) is 43.1 Å². The van der Waals surface area contributed by atoms with E-state index < -0.39 is 0 Å². The zero-order valence-electron chi connectivity index (χ0n) is 8.52. The average molecular weight is 171 g/mol. The summed E-state index contributed by atoms with van der Waals surface area (Å²) in [7, 11) is 0. The summed E-state index contributed by atoms with van der Waals surface area (Å²) in [6, 6.07) is 0. The van der Waals surface area contributed by atoms with Gasteiger partial charge >= 0.3 is 0 Å². The minimum atomic E-state index is 0.0435. The van der Waals surface area contributed by atoms with E-state index in [1.54, 1.807) is 6.92 Å². The van der Waals surface area contributed by atoms with Crippen molar-refractivity contribution in [2.45, 2.75) is 46.5 Å². The van der Waals surface area contributed by atoms with Gasteiger partial charge in [0.2, 0.25) is 0 Å². The molecule has 0 aromatic carbocycles. The Morgan fingerprint density at radius 1 is 1.50 bits per heavy atom. The van der Waals surface area contributed by atoms with Gasteiger partial charge in [-0.1, -0.05) is 26.7 Å². The highest BCUT2D eigenvalue weighted by Gasteiger charge is 2.23. The summed E-state index contributed by atoms with van der Waals surface area (Å²) in [6.45, 7) is 6.52. The zero-order valence-corrected chi connectivity index (χ0v) is 8.52. The number of hydrogen-bond acceptors (Lipinski definition) is 2. The van der Waals surface area contributed by atoms with Gasteiger partial charge in [0.05, 0.1) is 0 Å². The fraction of sp³-hybridized carbons (Fsp3) is 0.900. The molecule has 0 radical (unpaired) electrons. The van der Waals surface area contributed by atoms with Gasteiger partial charge in [0, 0.05) is 6.42 Å². The molecule has 2 nitrogen and oxygen atoms in total. The monoisotopic (exact) mass is 171 g/mol. The maximum atomic E-state index is 10.9. The van der Waals surface area contributed by atoms with Gasteiger partial charge in [0.15, 0.2) is 0 Å². The van der Waals surface area contributed by atoms with Crippen LogP contribution >= 0.6 is 0 Å². The molecule has 0 aromatic heterocycles. The summed E-state index contributed by atoms with van der Waals surface area (Å²) in [5.41, 5.74) is 5.69. The van der Waals surface area contributed by atoms with Crippen LogP contribution in [0.1, 0.15) is 46.5 Å². The van der Waals surface area contributed by atoms with Crippen LogP contribution in [-0.4, -0.2) is 12.3 Å². The average Bonchev–Trinajstić information content (AvgIpc) is 2.00. The van der Waals surface area contributed by atoms with Gasteiger partial charge in [-0.3, -0.25) is 0 Å². The molecular formula is C10H21NO. The summed E-state index contributed by atoms with van der Waals surface area (Å²) in [4.78, 5) is 10.9. The minimum Gasteiger partial charge on any atom is -0.330 e. The summed E-state index contributed by atoms with van der Waals surface area (Å²) >= 11 is 0. The molecule has 0 bridgehead atoms. The standard InChI is InChI=1S/C10H21NO/c1-4-5-6-10(3,8-11)7-9(2)12/h4-8,11H2,1-3H3. The highest BCUT2D eigenvalue weighted by molar-refractivity contribution is 5.76. The molecule has 2 heteroatoms. The molecule has 0 spiro atoms. The highest BCUT2D eigenvalue weighted by Crippen LogP contribution is 2.26. The number of rotatable bonds is 6. The summed E-state index contributed by atoms with van der Waals surface area (Å²) in [5.74, 6) is 0.249. The van der Waals surface area contributed by atoms with Crippen molar-refractivity contribution in [3.05, 3.63) is 0 Å². The molecular weight excluding hydrogens is 150 g/mol. The Morgan fingerprint density at radius 3 is 2.42 bits per heavy atom. The SMILES string of the molecule is CCCCC(C)(CN)CC(C)=O. The van der Waals surface area contributed by atoms with E-state index in [0.717, 1.165) is 6.42 Å². The van der Waals surface area contributed by atoms with E-state index in [9.17, 15) is 4.79 Å². The van der Waals surface area contributed by atoms with Crippen molar-refractivity contribution in [3.8, 4) is 0 Å². The molecule has 72 valence electrons. The van der Waals surface area contributed by atoms with Crippen LogP contribution in [0.25, 0.3) is 0 Å². The van der Waals surface area contributed by atoms with E-state index in [-0.39, 0.29) is 11.2 Å². The first-order valence-electron chi connectivity index (χ1n) is 4.73. The molecule has 0 aliphatic rings. The Bertz CT molecular complexity index is 145. The first kappa shape index (κ1) is 11.6. The van der Waals surface area contributed by atoms with Crippen molar-refractivity contribution < 1.29 is 4.79 Å². The Morgan fingerprint density at radius 2 is 2.08 bits per heavy atom. The van der Waals surface area contributed by atoms with Crippen molar-refractivity contribution >= 4 is 5.78 Å². The lowest BCUT2D eigenvalue weighted by atomic mass is 9.80. The number of nitrogens with two attached hydrogens (primary N) is 1. The van der Waals surface area contributed by atoms with Crippen molar-refractivity contribution in [1.29, 1.82) is 0 Å². The molecule has 0 saturated heterocycles. The molecule has 2 N–H and O–H groups in total. The Hall–Kier alpha value is -0.370. The number of ketones is 1. The van der Waals surface area contributed by atoms with Gasteiger partial charge in [-0.2, -0.15) is 0 Å². The summed E-state index contributed by atoms with van der Waals surface area (Å²) < 4.78 is 0. The lowest BCUT2D eigenvalue weighted by Gasteiger charge is -2.26. The highest BCUT2D eigenvalue weighted by atomic mass is 16.1. The van der Waals surface area contributed by atoms with Crippen LogP contribution < -0.4 is 5.73 Å². The second-order valence-electron chi connectivity index (χ2n) is 4.00. The Balaban J connectivity index is 3.95. The van der Waals surface area contributed by atoms with Gasteiger partial charge in [-0.05, 0) is 25.3 Å². The number of unbranched alkanes of at least 4 members (excludes halogenated alkanes) is 1. The van der Waals surface area contributed by atoms with Gasteiger partial charge < -0.3 is 10.5 Å². The number of hydrogen-bond donors (Lipinski definition) is 1. The first-order valence-corrected chi connectivity index (χ1v) is 4.73. The largest absolute Gasteiger partial charge is 0.330 e. The maximum Gasteiger partial charge on any atom is 0.130 e. The fourth-order valence-electron chi connectivity index (χ4n) is 1.47. The Labute approximate surface area is 75.5 Å². The van der Waals surface area contributed by atoms with E-state index in [4.69, 9.17) is 5.73 Å². The molecule has 0 aliphatic carbocycles. The van der Waals surface area contributed by atoms with Gasteiger partial charge in [-0.15, -0.1) is 0 Å². The molecule has 0 heterocycles. The normalized spacial score (nSPS) is 15.7. The minimum absolute atomic E-state index is 0.0435. The predicted octanol–water partition coefficient (Wildman–Crippen LogP) is 2.12. The van der Waals surface area contributed by atoms with Crippen molar-refractivity contribution in [2.75, 3.05) is 6.54 Å². The van der Waals surface area contributed by atoms with Crippen LogP contribution in [0.5, 0.6) is 0 Å². The van der Waals surface area contributed by atoms with E-state index in [1.807, 2.05) is 0 Å². The van der Waals surface area contributed by atoms with Crippen LogP contribution in [0.3, 0.4) is 0 Å². The maximum absolute atomic E-state index is 10.9. The second-order valence-corrected chi connectivity index (χ2v) is 4.00. The zero-order chi connectivity index (χ0) is 9.61. The quantitative estimate of drug-likeness (QED) is 0.665. The molecule has 12 heavy (non-hydrogen) atoms. The van der Waals surface area contributed by atoms with Gasteiger partial charge in [0.25, 0.3) is 0 Å². The summed E-state index contributed by atoms with van der Waals surface area (Å²) in [6.07, 6.45) is 4.04. The Kier molecular flexibility index (Phi) is 5.14. The molecule has 0 aliphatic heterocycles. The third kappa shape index (κ3) is 4.50. The smallest absolute Gasteiger partial charge is 0.130 e. The van der Waals surface area contributed by atoms with Crippen molar-refractivity contribution in [2.24, 2.45) is 11.1 Å². The lowest BCUT2D eigenvalue weighted by molar-refractivity contribution is -0.119. The fourth-order valence-corrected chi connectivity index (χ4v) is 1.47. The summed E-state index contributed by atoms with van der Waals surface area (Å²) in [5, 5.41) is 0. The van der Waals surface area contributed by atoms with E-state index in [0.29, 0.717) is 13.0 Å². The van der Waals surface area contributed by atoms with Crippen LogP contribution in [0, 0.1) is 5.41 Å². The second kappa shape index (κ2) is 5.31. The number of carbonyl (C=O) groups is 1. The molecule has 1 atom stereocenters. The molecule has 0 saturated carbocycles. The number of carbonyl (C=O) groups excluding carboxylic acids is 1. The third-order valence-electron chi connectivity index (χ3n) is 2.30. The van der Waals surface area contributed by atoms with Gasteiger partial charge in [-0.25, -0.2) is 0 Å². The van der Waals surface area contributed by atoms with E-state index in [2.05, 4.69) is 13.8 Å². The predicted molar refractivity (Wildman–Crippen MR) is 52.0 cm³/mol. The van der Waals surface area contributed by atoms with Crippen LogP contribution in [-0.2, 0) is 4.79 Å². The molecule has 0 rings (SSSR count). The molecule has 0 aromatic rings. The van der Waals surface area contributed by atoms with Crippen molar-refractivity contribution in [3.63, 3.8) is 0 Å². The van der Waals surface area contributed by atoms with Crippen LogP contribution in [0.4, 0.5) is 0 Å². The van der Waals surface area contributed by atoms with E-state index >= 15 is 0 Å². The third-order valence-corrected chi connectivity index (χ3v) is 2.30. The van der Waals surface area contributed by atoms with E-state index in [1.165, 1.54) is 12.8 Å². The lowest BCUT2D eigenvalue weighted by Crippen LogP contribution is -2.29.